The van der Waals surface area contributed by atoms with Crippen LogP contribution in [0.15, 0.2) is 36.4 Å². The first-order valence-corrected chi connectivity index (χ1v) is 7.50. The summed E-state index contributed by atoms with van der Waals surface area (Å²) in [6, 6.07) is 10.7. The molecule has 0 atom stereocenters. The predicted molar refractivity (Wildman–Crippen MR) is 87.9 cm³/mol. The maximum Gasteiger partial charge on any atom is 0.262 e. The number of ether oxygens (including phenoxy) is 1. The maximum absolute atomic E-state index is 12.6. The monoisotopic (exact) mass is 393 g/mol. The van der Waals surface area contributed by atoms with E-state index >= 15 is 0 Å². The van der Waals surface area contributed by atoms with Crippen LogP contribution >= 0.6 is 22.6 Å². The lowest BCUT2D eigenvalue weighted by atomic mass is 10.0. The molecule has 2 aromatic rings. The van der Waals surface area contributed by atoms with Crippen LogP contribution in [0.4, 0.5) is 5.69 Å². The van der Waals surface area contributed by atoms with Crippen LogP contribution in [0.5, 0.6) is 5.75 Å². The minimum Gasteiger partial charge on any atom is -0.482 e. The van der Waals surface area contributed by atoms with E-state index in [2.05, 4.69) is 27.9 Å². The number of fused-ring (bicyclic) bond motifs is 1. The van der Waals surface area contributed by atoms with Gasteiger partial charge in [0.15, 0.2) is 12.4 Å². The molecule has 0 fully saturated rings. The molecule has 0 aliphatic carbocycles. The van der Waals surface area contributed by atoms with E-state index in [-0.39, 0.29) is 18.3 Å². The molecule has 0 saturated carbocycles. The highest BCUT2D eigenvalue weighted by atomic mass is 127. The van der Waals surface area contributed by atoms with Gasteiger partial charge in [-0.05, 0) is 59.3 Å². The Hall–Kier alpha value is -1.89. The topological polar surface area (TPSA) is 55.4 Å². The van der Waals surface area contributed by atoms with Crippen molar-refractivity contribution >= 4 is 40.0 Å². The second kappa shape index (κ2) is 5.48. The van der Waals surface area contributed by atoms with E-state index in [9.17, 15) is 9.59 Å². The zero-order chi connectivity index (χ0) is 15.0. The number of amides is 1. The molecule has 0 bridgehead atoms. The number of benzene rings is 2. The number of rotatable bonds is 2. The molecule has 1 aliphatic heterocycles. The molecule has 21 heavy (non-hydrogen) atoms. The summed E-state index contributed by atoms with van der Waals surface area (Å²) in [5.41, 5.74) is 2.80. The van der Waals surface area contributed by atoms with Gasteiger partial charge < -0.3 is 10.1 Å². The van der Waals surface area contributed by atoms with Crippen molar-refractivity contribution in [2.24, 2.45) is 0 Å². The number of nitrogens with one attached hydrogen (secondary N) is 1. The first kappa shape index (κ1) is 14.1. The van der Waals surface area contributed by atoms with E-state index in [0.717, 1.165) is 9.13 Å². The van der Waals surface area contributed by atoms with Gasteiger partial charge in [0.25, 0.3) is 5.91 Å². The zero-order valence-electron chi connectivity index (χ0n) is 11.3. The number of anilines is 1. The molecule has 3 rings (SSSR count). The average molecular weight is 393 g/mol. The van der Waals surface area contributed by atoms with Crippen molar-refractivity contribution in [1.82, 2.24) is 0 Å². The second-order valence-electron chi connectivity index (χ2n) is 4.81. The minimum absolute atomic E-state index is 0.00999. The molecule has 0 spiro atoms. The van der Waals surface area contributed by atoms with Gasteiger partial charge in [0, 0.05) is 14.7 Å². The van der Waals surface area contributed by atoms with Crippen LogP contribution in [0, 0.1) is 10.5 Å². The van der Waals surface area contributed by atoms with Gasteiger partial charge in [-0.1, -0.05) is 12.1 Å². The van der Waals surface area contributed by atoms with Gasteiger partial charge in [-0.15, -0.1) is 0 Å². The predicted octanol–water partition coefficient (Wildman–Crippen LogP) is 3.16. The standard InChI is InChI=1S/C16H12INO3/c1-9-3-2-4-11(15(9)17)16(20)10-5-6-13-12(7-10)18-14(19)8-21-13/h2-7H,8H2,1H3,(H,18,19). The van der Waals surface area contributed by atoms with Crippen molar-refractivity contribution in [2.45, 2.75) is 6.92 Å². The second-order valence-corrected chi connectivity index (χ2v) is 5.89. The molecular formula is C16H12INO3. The molecule has 1 amide bonds. The van der Waals surface area contributed by atoms with E-state index < -0.39 is 0 Å². The quantitative estimate of drug-likeness (QED) is 0.630. The number of hydrogen-bond donors (Lipinski definition) is 1. The van der Waals surface area contributed by atoms with Crippen molar-refractivity contribution in [1.29, 1.82) is 0 Å². The number of halogens is 1. The molecule has 2 aromatic carbocycles. The molecule has 106 valence electrons. The molecular weight excluding hydrogens is 381 g/mol. The summed E-state index contributed by atoms with van der Waals surface area (Å²) in [7, 11) is 0. The molecule has 1 heterocycles. The largest absolute Gasteiger partial charge is 0.482 e. The van der Waals surface area contributed by atoms with Crippen LogP contribution in [0.1, 0.15) is 21.5 Å². The lowest BCUT2D eigenvalue weighted by Crippen LogP contribution is -2.25. The summed E-state index contributed by atoms with van der Waals surface area (Å²) in [6.45, 7) is 1.98. The number of aryl methyl sites for hydroxylation is 1. The van der Waals surface area contributed by atoms with Gasteiger partial charge in [0.2, 0.25) is 0 Å². The van der Waals surface area contributed by atoms with Crippen molar-refractivity contribution in [3.8, 4) is 5.75 Å². The van der Waals surface area contributed by atoms with Crippen molar-refractivity contribution in [3.63, 3.8) is 0 Å². The molecule has 5 heteroatoms. The third-order valence-corrected chi connectivity index (χ3v) is 4.74. The Morgan fingerprint density at radius 1 is 1.29 bits per heavy atom. The van der Waals surface area contributed by atoms with Gasteiger partial charge >= 0.3 is 0 Å². The summed E-state index contributed by atoms with van der Waals surface area (Å²) in [5.74, 6) is 0.313. The molecule has 0 saturated heterocycles. The summed E-state index contributed by atoms with van der Waals surface area (Å²) < 4.78 is 6.24. The number of carbonyl (C=O) groups is 2. The highest BCUT2D eigenvalue weighted by Gasteiger charge is 2.19. The summed E-state index contributed by atoms with van der Waals surface area (Å²) in [5, 5.41) is 2.71. The van der Waals surface area contributed by atoms with Gasteiger partial charge in [-0.25, -0.2) is 0 Å². The Balaban J connectivity index is 2.01. The SMILES string of the molecule is Cc1cccc(C(=O)c2ccc3c(c2)NC(=O)CO3)c1I. The van der Waals surface area contributed by atoms with Crippen LogP contribution in [0.3, 0.4) is 0 Å². The van der Waals surface area contributed by atoms with Crippen LogP contribution < -0.4 is 10.1 Å². The van der Waals surface area contributed by atoms with E-state index in [1.54, 1.807) is 18.2 Å². The normalized spacial score (nSPS) is 13.1. The van der Waals surface area contributed by atoms with Gasteiger partial charge in [0.05, 0.1) is 5.69 Å². The maximum atomic E-state index is 12.6. The lowest BCUT2D eigenvalue weighted by molar-refractivity contribution is -0.118. The van der Waals surface area contributed by atoms with Crippen LogP contribution in [0.2, 0.25) is 0 Å². The average Bonchev–Trinajstić information content (AvgIpc) is 2.48. The van der Waals surface area contributed by atoms with E-state index in [0.29, 0.717) is 22.6 Å². The van der Waals surface area contributed by atoms with E-state index in [1.165, 1.54) is 0 Å². The third kappa shape index (κ3) is 2.65. The summed E-state index contributed by atoms with van der Waals surface area (Å²) in [6.07, 6.45) is 0. The van der Waals surface area contributed by atoms with Crippen molar-refractivity contribution in [2.75, 3.05) is 11.9 Å². The Kier molecular flexibility index (Phi) is 3.67. The highest BCUT2D eigenvalue weighted by Crippen LogP contribution is 2.30. The first-order chi connectivity index (χ1) is 10.1. The van der Waals surface area contributed by atoms with E-state index in [1.807, 2.05) is 25.1 Å². The molecule has 0 unspecified atom stereocenters. The molecule has 0 radical (unpaired) electrons. The number of hydrogen-bond acceptors (Lipinski definition) is 3. The Labute approximate surface area is 135 Å². The Morgan fingerprint density at radius 2 is 2.10 bits per heavy atom. The van der Waals surface area contributed by atoms with Crippen LogP contribution in [-0.4, -0.2) is 18.3 Å². The van der Waals surface area contributed by atoms with Crippen molar-refractivity contribution < 1.29 is 14.3 Å². The first-order valence-electron chi connectivity index (χ1n) is 6.43. The Morgan fingerprint density at radius 3 is 2.90 bits per heavy atom. The number of ketones is 1. The van der Waals surface area contributed by atoms with Gasteiger partial charge in [0.1, 0.15) is 5.75 Å². The fourth-order valence-electron chi connectivity index (χ4n) is 2.20. The van der Waals surface area contributed by atoms with Crippen LogP contribution in [-0.2, 0) is 4.79 Å². The van der Waals surface area contributed by atoms with Gasteiger partial charge in [-0.3, -0.25) is 9.59 Å². The molecule has 1 N–H and O–H groups in total. The van der Waals surface area contributed by atoms with E-state index in [4.69, 9.17) is 4.74 Å². The summed E-state index contributed by atoms with van der Waals surface area (Å²) in [4.78, 5) is 24.0. The Bertz CT molecular complexity index is 755. The highest BCUT2D eigenvalue weighted by molar-refractivity contribution is 14.1. The summed E-state index contributed by atoms with van der Waals surface area (Å²) >= 11 is 2.18. The fourth-order valence-corrected chi connectivity index (χ4v) is 2.81. The zero-order valence-corrected chi connectivity index (χ0v) is 13.4. The third-order valence-electron chi connectivity index (χ3n) is 3.31. The smallest absolute Gasteiger partial charge is 0.262 e. The molecule has 4 nitrogen and oxygen atoms in total. The lowest BCUT2D eigenvalue weighted by Gasteiger charge is -2.18. The van der Waals surface area contributed by atoms with Crippen LogP contribution in [0.25, 0.3) is 0 Å². The van der Waals surface area contributed by atoms with Crippen molar-refractivity contribution in [3.05, 3.63) is 56.7 Å². The number of carbonyl (C=O) groups excluding carboxylic acids is 2. The molecule has 0 aromatic heterocycles. The minimum atomic E-state index is -0.211. The fraction of sp³-hybridized carbons (Fsp3) is 0.125. The molecule has 1 aliphatic rings. The van der Waals surface area contributed by atoms with Gasteiger partial charge in [-0.2, -0.15) is 0 Å².